The van der Waals surface area contributed by atoms with E-state index in [1.807, 2.05) is 65.8 Å². The molecule has 0 saturated carbocycles. The van der Waals surface area contributed by atoms with Gasteiger partial charge in [0.1, 0.15) is 29.2 Å². The van der Waals surface area contributed by atoms with Gasteiger partial charge in [0.2, 0.25) is 11.8 Å². The molecule has 3 amide bonds. The number of nitrogens with zero attached hydrogens (tertiary/aromatic N) is 1. The molecule has 3 rings (SSSR count). The minimum absolute atomic E-state index is 0.257. The molecule has 2 aromatic carbocycles. The number of rotatable bonds is 13. The van der Waals surface area contributed by atoms with Crippen molar-refractivity contribution in [3.63, 3.8) is 0 Å². The Morgan fingerprint density at radius 3 is 1.76 bits per heavy atom. The van der Waals surface area contributed by atoms with Crippen LogP contribution in [0.25, 0.3) is 0 Å². The summed E-state index contributed by atoms with van der Waals surface area (Å²) in [5.41, 5.74) is 1.46. The van der Waals surface area contributed by atoms with Crippen LogP contribution in [0.15, 0.2) is 48.5 Å². The van der Waals surface area contributed by atoms with Crippen molar-refractivity contribution in [2.45, 2.75) is 111 Å². The molecular weight excluding hydrogens is 605 g/mol. The van der Waals surface area contributed by atoms with Crippen molar-refractivity contribution in [2.24, 2.45) is 11.8 Å². The molecule has 0 aliphatic carbocycles. The van der Waals surface area contributed by atoms with Gasteiger partial charge in [0.15, 0.2) is 5.78 Å². The summed E-state index contributed by atoms with van der Waals surface area (Å²) < 4.78 is 32.5. The van der Waals surface area contributed by atoms with Gasteiger partial charge in [-0.1, -0.05) is 65.8 Å². The van der Waals surface area contributed by atoms with Crippen molar-refractivity contribution in [1.82, 2.24) is 15.5 Å². The van der Waals surface area contributed by atoms with Crippen molar-refractivity contribution in [2.75, 3.05) is 6.54 Å². The second-order valence-electron chi connectivity index (χ2n) is 13.5. The molecule has 0 bridgehead atoms. The maximum atomic E-state index is 14.8. The van der Waals surface area contributed by atoms with E-state index in [0.29, 0.717) is 30.9 Å². The largest absolute Gasteiger partial charge is 0.453 e. The van der Waals surface area contributed by atoms with Crippen LogP contribution >= 0.6 is 7.60 Å². The van der Waals surface area contributed by atoms with Crippen molar-refractivity contribution in [3.8, 4) is 11.5 Å². The lowest BCUT2D eigenvalue weighted by molar-refractivity contribution is -0.141. The number of hydrogen-bond donors (Lipinski definition) is 2. The summed E-state index contributed by atoms with van der Waals surface area (Å²) in [7, 11) is -4.10. The maximum Gasteiger partial charge on any atom is 0.453 e. The Kier molecular flexibility index (Phi) is 12.7. The first-order chi connectivity index (χ1) is 21.6. The molecule has 1 aliphatic heterocycles. The highest BCUT2D eigenvalue weighted by molar-refractivity contribution is 7.55. The van der Waals surface area contributed by atoms with Gasteiger partial charge in [-0.15, -0.1) is 0 Å². The molecule has 1 saturated heterocycles. The lowest BCUT2D eigenvalue weighted by Gasteiger charge is -2.34. The van der Waals surface area contributed by atoms with E-state index < -0.39 is 43.1 Å². The Hall–Kier alpha value is -3.52. The number of nitrogens with one attached hydrogen (secondary N) is 2. The van der Waals surface area contributed by atoms with Crippen LogP contribution in [-0.4, -0.2) is 52.8 Å². The molecule has 46 heavy (non-hydrogen) atoms. The molecule has 10 nitrogen and oxygen atoms in total. The average molecular weight is 658 g/mol. The molecule has 2 aromatic rings. The summed E-state index contributed by atoms with van der Waals surface area (Å²) >= 11 is 0. The molecule has 1 heterocycles. The summed E-state index contributed by atoms with van der Waals surface area (Å²) in [5.74, 6) is -1.76. The van der Waals surface area contributed by atoms with Crippen LogP contribution in [0, 0.1) is 11.8 Å². The molecule has 0 radical (unpaired) electrons. The van der Waals surface area contributed by atoms with Gasteiger partial charge in [-0.05, 0) is 93.7 Å². The van der Waals surface area contributed by atoms with Crippen LogP contribution in [0.2, 0.25) is 0 Å². The van der Waals surface area contributed by atoms with E-state index in [1.165, 1.54) is 4.90 Å². The summed E-state index contributed by atoms with van der Waals surface area (Å²) in [4.78, 5) is 41.8. The van der Waals surface area contributed by atoms with E-state index in [-0.39, 0.29) is 17.7 Å². The number of ether oxygens (including phenoxy) is 1. The lowest BCUT2D eigenvalue weighted by atomic mass is 10.0. The van der Waals surface area contributed by atoms with Crippen LogP contribution in [0.1, 0.15) is 86.3 Å². The van der Waals surface area contributed by atoms with Gasteiger partial charge in [0, 0.05) is 6.54 Å². The Morgan fingerprint density at radius 1 is 0.848 bits per heavy atom. The maximum absolute atomic E-state index is 14.8. The number of carbonyl (C=O) groups is 3. The number of alkyl carbamates (subject to hydrolysis) is 1. The van der Waals surface area contributed by atoms with E-state index in [1.54, 1.807) is 45.0 Å². The van der Waals surface area contributed by atoms with Gasteiger partial charge in [-0.25, -0.2) is 9.36 Å². The van der Waals surface area contributed by atoms with E-state index in [4.69, 9.17) is 13.8 Å². The second-order valence-corrected chi connectivity index (χ2v) is 15.5. The lowest BCUT2D eigenvalue weighted by Crippen LogP contribution is -2.56. The third-order valence-corrected chi connectivity index (χ3v) is 10.2. The highest BCUT2D eigenvalue weighted by atomic mass is 31.2. The average Bonchev–Trinajstić information content (AvgIpc) is 3.48. The number of hydrogen-bond acceptors (Lipinski definition) is 7. The summed E-state index contributed by atoms with van der Waals surface area (Å²) in [6.45, 7) is 17.0. The minimum atomic E-state index is -4.10. The highest BCUT2D eigenvalue weighted by Gasteiger charge is 2.46. The first kappa shape index (κ1) is 36.9. The molecule has 1 fully saturated rings. The van der Waals surface area contributed by atoms with Crippen molar-refractivity contribution >= 4 is 25.5 Å². The minimum Gasteiger partial charge on any atom is -0.444 e. The van der Waals surface area contributed by atoms with Crippen LogP contribution in [0.5, 0.6) is 11.5 Å². The van der Waals surface area contributed by atoms with E-state index in [9.17, 15) is 18.9 Å². The topological polar surface area (TPSA) is 123 Å². The van der Waals surface area contributed by atoms with Gasteiger partial charge >= 0.3 is 13.7 Å². The zero-order valence-electron chi connectivity index (χ0n) is 28.8. The number of amides is 3. The number of likely N-dealkylation sites (tertiary alicyclic amines) is 1. The van der Waals surface area contributed by atoms with Gasteiger partial charge < -0.3 is 29.3 Å². The zero-order chi connectivity index (χ0) is 34.2. The molecule has 1 aliphatic rings. The molecule has 3 atom stereocenters. The van der Waals surface area contributed by atoms with Crippen molar-refractivity contribution in [3.05, 3.63) is 59.7 Å². The first-order valence-electron chi connectivity index (χ1n) is 16.3. The monoisotopic (exact) mass is 657 g/mol. The Labute approximate surface area is 274 Å². The molecule has 1 unspecified atom stereocenters. The third kappa shape index (κ3) is 9.99. The summed E-state index contributed by atoms with van der Waals surface area (Å²) in [5, 5.41) is 5.65. The van der Waals surface area contributed by atoms with Crippen molar-refractivity contribution in [1.29, 1.82) is 0 Å². The van der Waals surface area contributed by atoms with E-state index in [2.05, 4.69) is 10.6 Å². The van der Waals surface area contributed by atoms with Gasteiger partial charge in [0.05, 0.1) is 0 Å². The standard InChI is InChI=1S/C35H52N3O7P/c1-10-25-14-18-27(19-15-25)44-46(42,45-28-20-16-26(11-2)17-21-28)32(24(5)6)37-31(39)29-13-12-22-38(29)33(40)30(23(3)4)36-34(41)43-35(7,8)9/h14-21,23-24,29-30,32H,10-13,22H2,1-9H3,(H,36,41)(H,37,39)/t29-,30-,32?/m0/s1. The fourth-order valence-corrected chi connectivity index (χ4v) is 7.39. The molecule has 0 spiro atoms. The van der Waals surface area contributed by atoms with Crippen LogP contribution < -0.4 is 19.7 Å². The quantitative estimate of drug-likeness (QED) is 0.220. The van der Waals surface area contributed by atoms with Crippen LogP contribution in [-0.2, 0) is 31.7 Å². The number of aryl methyl sites for hydroxylation is 2. The van der Waals surface area contributed by atoms with E-state index in [0.717, 1.165) is 24.0 Å². The second kappa shape index (κ2) is 15.9. The number of benzene rings is 2. The molecule has 254 valence electrons. The fraction of sp³-hybridized carbons (Fsp3) is 0.571. The Bertz CT molecular complexity index is 1320. The SMILES string of the molecule is CCc1ccc(OP(=O)(Oc2ccc(CC)cc2)C(NC(=O)[C@@H]2CCCN2C(=O)[C@@H](NC(=O)OC(C)(C)C)C(C)C)C(C)C)cc1. The number of carbonyl (C=O) groups excluding carboxylic acids is 3. The van der Waals surface area contributed by atoms with E-state index >= 15 is 0 Å². The molecule has 11 heteroatoms. The molecule has 0 aromatic heterocycles. The van der Waals surface area contributed by atoms with Gasteiger partial charge in [0.25, 0.3) is 0 Å². The molecule has 2 N–H and O–H groups in total. The van der Waals surface area contributed by atoms with Crippen LogP contribution in [0.3, 0.4) is 0 Å². The predicted molar refractivity (Wildman–Crippen MR) is 180 cm³/mol. The van der Waals surface area contributed by atoms with Crippen molar-refractivity contribution < 1.29 is 32.7 Å². The van der Waals surface area contributed by atoms with Gasteiger partial charge in [-0.3, -0.25) is 9.59 Å². The Morgan fingerprint density at radius 2 is 1.35 bits per heavy atom. The highest BCUT2D eigenvalue weighted by Crippen LogP contribution is 2.54. The first-order valence-corrected chi connectivity index (χ1v) is 17.9. The Balaban J connectivity index is 1.89. The van der Waals surface area contributed by atoms with Crippen LogP contribution in [0.4, 0.5) is 4.79 Å². The van der Waals surface area contributed by atoms with Gasteiger partial charge in [-0.2, -0.15) is 0 Å². The fourth-order valence-electron chi connectivity index (χ4n) is 5.28. The summed E-state index contributed by atoms with van der Waals surface area (Å²) in [6.07, 6.45) is 2.00. The smallest absolute Gasteiger partial charge is 0.444 e. The predicted octanol–water partition coefficient (Wildman–Crippen LogP) is 7.10. The normalized spacial score (nSPS) is 16.6. The summed E-state index contributed by atoms with van der Waals surface area (Å²) in [6, 6.07) is 12.9. The third-order valence-electron chi connectivity index (χ3n) is 7.83. The zero-order valence-corrected chi connectivity index (χ0v) is 29.7. The molecular formula is C35H52N3O7P.